The minimum absolute atomic E-state index is 0.556. The van der Waals surface area contributed by atoms with Gasteiger partial charge in [0, 0.05) is 22.1 Å². The summed E-state index contributed by atoms with van der Waals surface area (Å²) in [5.41, 5.74) is 4.28. The fraction of sp³-hybridized carbons (Fsp3) is 0.0714. The molecule has 1 aromatic carbocycles. The molecule has 3 aromatic rings. The smallest absolute Gasteiger partial charge is 0.145 e. The van der Waals surface area contributed by atoms with Crippen LogP contribution in [0.25, 0.3) is 10.9 Å². The van der Waals surface area contributed by atoms with Gasteiger partial charge in [0.05, 0.1) is 11.2 Å². The third-order valence-corrected chi connectivity index (χ3v) is 3.36. The summed E-state index contributed by atoms with van der Waals surface area (Å²) in [4.78, 5) is 13.0. The summed E-state index contributed by atoms with van der Waals surface area (Å²) in [6.45, 7) is 1.81. The summed E-state index contributed by atoms with van der Waals surface area (Å²) < 4.78 is 0.944. The maximum Gasteiger partial charge on any atom is 0.145 e. The molecule has 0 radical (unpaired) electrons. The molecule has 0 aliphatic heterocycles. The molecule has 3 rings (SSSR count). The normalized spacial score (nSPS) is 10.6. The van der Waals surface area contributed by atoms with Gasteiger partial charge in [-0.25, -0.2) is 15.8 Å². The van der Waals surface area contributed by atoms with E-state index in [2.05, 4.69) is 41.6 Å². The fourth-order valence-electron chi connectivity index (χ4n) is 2.08. The number of benzene rings is 1. The predicted octanol–water partition coefficient (Wildman–Crippen LogP) is 3.12. The number of para-hydroxylation sites is 1. The zero-order valence-electron chi connectivity index (χ0n) is 11.3. The number of aromatic nitrogens is 3. The van der Waals surface area contributed by atoms with Crippen molar-refractivity contribution in [3.05, 3.63) is 46.8 Å². The van der Waals surface area contributed by atoms with Crippen LogP contribution >= 0.6 is 15.9 Å². The van der Waals surface area contributed by atoms with Gasteiger partial charge in [0.25, 0.3) is 0 Å². The van der Waals surface area contributed by atoms with Crippen molar-refractivity contribution in [3.63, 3.8) is 0 Å². The van der Waals surface area contributed by atoms with Crippen LogP contribution in [-0.2, 0) is 0 Å². The average molecular weight is 345 g/mol. The van der Waals surface area contributed by atoms with E-state index in [0.717, 1.165) is 21.1 Å². The van der Waals surface area contributed by atoms with E-state index in [1.54, 1.807) is 12.3 Å². The monoisotopic (exact) mass is 344 g/mol. The fourth-order valence-corrected chi connectivity index (χ4v) is 2.43. The average Bonchev–Trinajstić information content (AvgIpc) is 2.46. The molecule has 0 unspecified atom stereocenters. The van der Waals surface area contributed by atoms with E-state index in [9.17, 15) is 0 Å². The highest BCUT2D eigenvalue weighted by atomic mass is 79.9. The van der Waals surface area contributed by atoms with Crippen molar-refractivity contribution in [3.8, 4) is 0 Å². The van der Waals surface area contributed by atoms with Gasteiger partial charge in [0.15, 0.2) is 0 Å². The molecule has 0 aliphatic carbocycles. The number of nitrogen functional groups attached to an aromatic ring is 1. The summed E-state index contributed by atoms with van der Waals surface area (Å²) in [5.74, 6) is 7.25. The maximum atomic E-state index is 5.40. The first kappa shape index (κ1) is 13.7. The number of hydrogen-bond donors (Lipinski definition) is 3. The van der Waals surface area contributed by atoms with E-state index < -0.39 is 0 Å². The van der Waals surface area contributed by atoms with Gasteiger partial charge >= 0.3 is 0 Å². The summed E-state index contributed by atoms with van der Waals surface area (Å²) in [5, 5.41) is 4.30. The molecule has 106 valence electrons. The summed E-state index contributed by atoms with van der Waals surface area (Å²) in [7, 11) is 0. The highest BCUT2D eigenvalue weighted by molar-refractivity contribution is 9.10. The maximum absolute atomic E-state index is 5.40. The molecule has 0 saturated heterocycles. The lowest BCUT2D eigenvalue weighted by atomic mass is 10.2. The number of hydrazine groups is 1. The molecule has 2 heterocycles. The van der Waals surface area contributed by atoms with Gasteiger partial charge in [-0.3, -0.25) is 4.98 Å². The van der Waals surface area contributed by atoms with E-state index in [1.165, 1.54) is 0 Å². The van der Waals surface area contributed by atoms with Crippen LogP contribution in [0, 0.1) is 6.92 Å². The molecule has 2 aromatic heterocycles. The van der Waals surface area contributed by atoms with Crippen LogP contribution in [0.15, 0.2) is 41.0 Å². The molecular weight excluding hydrogens is 332 g/mol. The zero-order chi connectivity index (χ0) is 14.8. The number of aryl methyl sites for hydroxylation is 1. The summed E-state index contributed by atoms with van der Waals surface area (Å²) in [6.07, 6.45) is 1.77. The Labute approximate surface area is 129 Å². The largest absolute Gasteiger partial charge is 0.338 e. The Bertz CT molecular complexity index is 805. The number of nitrogens with zero attached hydrogens (tertiary/aromatic N) is 3. The molecule has 0 spiro atoms. The van der Waals surface area contributed by atoms with Crippen LogP contribution in [-0.4, -0.2) is 15.0 Å². The second kappa shape index (κ2) is 5.63. The highest BCUT2D eigenvalue weighted by Gasteiger charge is 2.06. The number of anilines is 3. The van der Waals surface area contributed by atoms with Gasteiger partial charge in [-0.05, 0) is 35.0 Å². The SMILES string of the molecule is Cc1nc(NN)cc(Nc2cccc3cc(Br)cnc23)n1. The molecule has 4 N–H and O–H groups in total. The zero-order valence-corrected chi connectivity index (χ0v) is 12.8. The molecule has 0 aliphatic rings. The van der Waals surface area contributed by atoms with Gasteiger partial charge in [-0.1, -0.05) is 12.1 Å². The number of fused-ring (bicyclic) bond motifs is 1. The Kier molecular flexibility index (Phi) is 3.68. The molecule has 0 amide bonds. The van der Waals surface area contributed by atoms with Crippen LogP contribution in [0.5, 0.6) is 0 Å². The Morgan fingerprint density at radius 2 is 1.95 bits per heavy atom. The van der Waals surface area contributed by atoms with Gasteiger partial charge in [0.2, 0.25) is 0 Å². The van der Waals surface area contributed by atoms with Crippen molar-refractivity contribution in [1.29, 1.82) is 0 Å². The molecule has 0 saturated carbocycles. The van der Waals surface area contributed by atoms with Crippen molar-refractivity contribution >= 4 is 44.2 Å². The van der Waals surface area contributed by atoms with Crippen LogP contribution < -0.4 is 16.6 Å². The minimum Gasteiger partial charge on any atom is -0.338 e. The summed E-state index contributed by atoms with van der Waals surface area (Å²) in [6, 6.07) is 9.69. The number of halogens is 1. The van der Waals surface area contributed by atoms with Crippen LogP contribution in [0.3, 0.4) is 0 Å². The lowest BCUT2D eigenvalue weighted by Gasteiger charge is -2.10. The Morgan fingerprint density at radius 1 is 1.14 bits per heavy atom. The topological polar surface area (TPSA) is 88.8 Å². The van der Waals surface area contributed by atoms with Gasteiger partial charge < -0.3 is 10.7 Å². The first-order chi connectivity index (χ1) is 10.2. The molecule has 0 bridgehead atoms. The second-order valence-electron chi connectivity index (χ2n) is 4.49. The molecule has 0 fully saturated rings. The van der Waals surface area contributed by atoms with Crippen LogP contribution in [0.1, 0.15) is 5.82 Å². The number of nitrogens with two attached hydrogens (primary N) is 1. The lowest BCUT2D eigenvalue weighted by molar-refractivity contribution is 1.05. The van der Waals surface area contributed by atoms with Gasteiger partial charge in [0.1, 0.15) is 17.5 Å². The van der Waals surface area contributed by atoms with Crippen molar-refractivity contribution < 1.29 is 0 Å². The summed E-state index contributed by atoms with van der Waals surface area (Å²) >= 11 is 3.43. The van der Waals surface area contributed by atoms with E-state index in [1.807, 2.05) is 31.2 Å². The van der Waals surface area contributed by atoms with E-state index in [4.69, 9.17) is 5.84 Å². The van der Waals surface area contributed by atoms with Crippen LogP contribution in [0.4, 0.5) is 17.3 Å². The first-order valence-electron chi connectivity index (χ1n) is 6.29. The Balaban J connectivity index is 2.04. The van der Waals surface area contributed by atoms with E-state index >= 15 is 0 Å². The van der Waals surface area contributed by atoms with Crippen molar-refractivity contribution in [2.45, 2.75) is 6.92 Å². The van der Waals surface area contributed by atoms with Gasteiger partial charge in [-0.15, -0.1) is 0 Å². The van der Waals surface area contributed by atoms with Gasteiger partial charge in [-0.2, -0.15) is 0 Å². The quantitative estimate of drug-likeness (QED) is 0.499. The second-order valence-corrected chi connectivity index (χ2v) is 5.40. The molecule has 0 atom stereocenters. The number of pyridine rings is 1. The van der Waals surface area contributed by atoms with Crippen molar-refractivity contribution in [2.75, 3.05) is 10.7 Å². The van der Waals surface area contributed by atoms with E-state index in [-0.39, 0.29) is 0 Å². The third-order valence-electron chi connectivity index (χ3n) is 2.93. The van der Waals surface area contributed by atoms with Crippen LogP contribution in [0.2, 0.25) is 0 Å². The van der Waals surface area contributed by atoms with Crippen molar-refractivity contribution in [2.24, 2.45) is 5.84 Å². The highest BCUT2D eigenvalue weighted by Crippen LogP contribution is 2.26. The lowest BCUT2D eigenvalue weighted by Crippen LogP contribution is -2.10. The Morgan fingerprint density at radius 3 is 2.76 bits per heavy atom. The Hall–Kier alpha value is -2.25. The predicted molar refractivity (Wildman–Crippen MR) is 87.3 cm³/mol. The molecule has 7 heteroatoms. The molecular formula is C14H13BrN6. The number of rotatable bonds is 3. The third kappa shape index (κ3) is 2.93. The molecule has 6 nitrogen and oxygen atoms in total. The standard InChI is InChI=1S/C14H13BrN6/c1-8-18-12(6-13(19-8)21-16)20-11-4-2-3-9-5-10(15)7-17-14(9)11/h2-7H,16H2,1H3,(H2,18,19,20,21). The van der Waals surface area contributed by atoms with Crippen molar-refractivity contribution in [1.82, 2.24) is 15.0 Å². The minimum atomic E-state index is 0.556. The molecule has 21 heavy (non-hydrogen) atoms. The number of hydrogen-bond acceptors (Lipinski definition) is 6. The van der Waals surface area contributed by atoms with E-state index in [0.29, 0.717) is 17.5 Å². The number of nitrogens with one attached hydrogen (secondary N) is 2. The first-order valence-corrected chi connectivity index (χ1v) is 7.08.